The van der Waals surface area contributed by atoms with E-state index in [0.29, 0.717) is 0 Å². The number of amides is 2. The Balaban J connectivity index is 2.35. The lowest BCUT2D eigenvalue weighted by Gasteiger charge is -2.31. The van der Waals surface area contributed by atoms with E-state index in [2.05, 4.69) is 21.2 Å². The number of halogens is 2. The topological polar surface area (TPSA) is 86.8 Å². The van der Waals surface area contributed by atoms with Gasteiger partial charge in [0, 0.05) is 18.1 Å². The van der Waals surface area contributed by atoms with Crippen LogP contribution in [0.1, 0.15) is 12.5 Å². The number of hydrogen-bond donors (Lipinski definition) is 1. The van der Waals surface area contributed by atoms with Gasteiger partial charge in [0.2, 0.25) is 21.8 Å². The second-order valence-corrected chi connectivity index (χ2v) is 9.51. The molecule has 30 heavy (non-hydrogen) atoms. The maximum absolute atomic E-state index is 13.3. The largest absolute Gasteiger partial charge is 0.357 e. The van der Waals surface area contributed by atoms with Crippen molar-refractivity contribution >= 4 is 43.5 Å². The number of carbonyl (C=O) groups is 2. The van der Waals surface area contributed by atoms with E-state index in [1.165, 1.54) is 24.1 Å². The SMILES string of the molecule is CNC(=O)[C@H](C)N(Cc1ccc(Br)cc1)C(=O)CN(c1ccc(F)cc1)S(C)(=O)=O. The molecule has 0 bridgehead atoms. The van der Waals surface area contributed by atoms with Gasteiger partial charge in [0.1, 0.15) is 18.4 Å². The molecular formula is C20H23BrFN3O4S. The third-order valence-corrected chi connectivity index (χ3v) is 6.14. The normalized spacial score (nSPS) is 12.2. The predicted molar refractivity (Wildman–Crippen MR) is 117 cm³/mol. The first kappa shape index (κ1) is 23.8. The van der Waals surface area contributed by atoms with E-state index >= 15 is 0 Å². The third kappa shape index (κ3) is 6.27. The van der Waals surface area contributed by atoms with Gasteiger partial charge < -0.3 is 10.2 Å². The van der Waals surface area contributed by atoms with Gasteiger partial charge in [-0.25, -0.2) is 12.8 Å². The van der Waals surface area contributed by atoms with Crippen molar-refractivity contribution in [2.45, 2.75) is 19.5 Å². The van der Waals surface area contributed by atoms with E-state index in [-0.39, 0.29) is 18.1 Å². The third-order valence-electron chi connectivity index (χ3n) is 4.47. The summed E-state index contributed by atoms with van der Waals surface area (Å²) in [6.07, 6.45) is 0.963. The van der Waals surface area contributed by atoms with Crippen LogP contribution in [-0.4, -0.2) is 51.0 Å². The van der Waals surface area contributed by atoms with Crippen LogP contribution in [-0.2, 0) is 26.2 Å². The van der Waals surface area contributed by atoms with Crippen LogP contribution < -0.4 is 9.62 Å². The zero-order valence-corrected chi connectivity index (χ0v) is 19.2. The minimum absolute atomic E-state index is 0.113. The number of sulfonamides is 1. The molecule has 0 unspecified atom stereocenters. The Kier molecular flexibility index (Phi) is 7.96. The number of carbonyl (C=O) groups excluding carboxylic acids is 2. The molecule has 0 aromatic heterocycles. The Morgan fingerprint density at radius 1 is 1.10 bits per heavy atom. The highest BCUT2D eigenvalue weighted by molar-refractivity contribution is 9.10. The highest BCUT2D eigenvalue weighted by Gasteiger charge is 2.29. The molecule has 2 aromatic carbocycles. The lowest BCUT2D eigenvalue weighted by molar-refractivity contribution is -0.139. The minimum atomic E-state index is -3.83. The van der Waals surface area contributed by atoms with E-state index < -0.39 is 34.3 Å². The van der Waals surface area contributed by atoms with Crippen LogP contribution in [0.15, 0.2) is 53.0 Å². The van der Waals surface area contributed by atoms with Gasteiger partial charge in [0.15, 0.2) is 0 Å². The average Bonchev–Trinajstić information content (AvgIpc) is 2.70. The molecule has 0 aliphatic rings. The first-order valence-corrected chi connectivity index (χ1v) is 11.7. The summed E-state index contributed by atoms with van der Waals surface area (Å²) in [6, 6.07) is 11.2. The fraction of sp³-hybridized carbons (Fsp3) is 0.300. The van der Waals surface area contributed by atoms with Crippen LogP contribution in [0, 0.1) is 5.82 Å². The standard InChI is InChI=1S/C20H23BrFN3O4S/c1-14(20(27)23-2)24(12-15-4-6-16(21)7-5-15)19(26)13-25(30(3,28)29)18-10-8-17(22)9-11-18/h4-11,14H,12-13H2,1-3H3,(H,23,27)/t14-/m0/s1. The zero-order valence-electron chi connectivity index (χ0n) is 16.8. The van der Waals surface area contributed by atoms with Crippen molar-refractivity contribution < 1.29 is 22.4 Å². The Bertz CT molecular complexity index is 998. The molecule has 10 heteroatoms. The summed E-state index contributed by atoms with van der Waals surface area (Å²) in [5, 5.41) is 2.50. The van der Waals surface area contributed by atoms with E-state index in [4.69, 9.17) is 0 Å². The van der Waals surface area contributed by atoms with Gasteiger partial charge in [-0.2, -0.15) is 0 Å². The van der Waals surface area contributed by atoms with Crippen LogP contribution in [0.2, 0.25) is 0 Å². The maximum atomic E-state index is 13.3. The Morgan fingerprint density at radius 2 is 1.67 bits per heavy atom. The molecule has 0 saturated heterocycles. The van der Waals surface area contributed by atoms with Crippen molar-refractivity contribution in [1.82, 2.24) is 10.2 Å². The van der Waals surface area contributed by atoms with Gasteiger partial charge in [-0.05, 0) is 48.9 Å². The Morgan fingerprint density at radius 3 is 2.17 bits per heavy atom. The quantitative estimate of drug-likeness (QED) is 0.604. The van der Waals surface area contributed by atoms with Crippen molar-refractivity contribution in [1.29, 1.82) is 0 Å². The predicted octanol–water partition coefficient (Wildman–Crippen LogP) is 2.52. The van der Waals surface area contributed by atoms with Crippen LogP contribution in [0.3, 0.4) is 0 Å². The van der Waals surface area contributed by atoms with Crippen molar-refractivity contribution in [3.63, 3.8) is 0 Å². The fourth-order valence-electron chi connectivity index (χ4n) is 2.80. The molecule has 162 valence electrons. The number of anilines is 1. The molecule has 0 radical (unpaired) electrons. The first-order valence-electron chi connectivity index (χ1n) is 9.01. The number of nitrogens with one attached hydrogen (secondary N) is 1. The van der Waals surface area contributed by atoms with E-state index in [1.807, 2.05) is 12.1 Å². The molecule has 2 amide bonds. The highest BCUT2D eigenvalue weighted by atomic mass is 79.9. The van der Waals surface area contributed by atoms with Gasteiger partial charge in [0.25, 0.3) is 0 Å². The first-order chi connectivity index (χ1) is 14.0. The highest BCUT2D eigenvalue weighted by Crippen LogP contribution is 2.20. The Labute approximate surface area is 184 Å². The van der Waals surface area contributed by atoms with Gasteiger partial charge in [0.05, 0.1) is 11.9 Å². The van der Waals surface area contributed by atoms with Gasteiger partial charge in [-0.3, -0.25) is 13.9 Å². The van der Waals surface area contributed by atoms with Gasteiger partial charge in [-0.15, -0.1) is 0 Å². The maximum Gasteiger partial charge on any atom is 0.244 e. The van der Waals surface area contributed by atoms with Crippen molar-refractivity contribution in [3.05, 3.63) is 64.4 Å². The molecule has 0 heterocycles. The summed E-state index contributed by atoms with van der Waals surface area (Å²) in [5.74, 6) is -1.47. The molecule has 1 N–H and O–H groups in total. The number of benzene rings is 2. The molecule has 1 atom stereocenters. The smallest absolute Gasteiger partial charge is 0.244 e. The minimum Gasteiger partial charge on any atom is -0.357 e. The molecule has 2 rings (SSSR count). The zero-order chi connectivity index (χ0) is 22.5. The lowest BCUT2D eigenvalue weighted by Crippen LogP contribution is -2.50. The summed E-state index contributed by atoms with van der Waals surface area (Å²) in [7, 11) is -2.37. The van der Waals surface area contributed by atoms with Crippen molar-refractivity contribution in [2.75, 3.05) is 24.2 Å². The molecular weight excluding hydrogens is 477 g/mol. The van der Waals surface area contributed by atoms with Crippen molar-refractivity contribution in [3.8, 4) is 0 Å². The summed E-state index contributed by atoms with van der Waals surface area (Å²) < 4.78 is 39.6. The van der Waals surface area contributed by atoms with Crippen LogP contribution in [0.4, 0.5) is 10.1 Å². The van der Waals surface area contributed by atoms with Crippen LogP contribution in [0.25, 0.3) is 0 Å². The summed E-state index contributed by atoms with van der Waals surface area (Å²) in [4.78, 5) is 26.6. The average molecular weight is 500 g/mol. The molecule has 0 aliphatic carbocycles. The molecule has 7 nitrogen and oxygen atoms in total. The van der Waals surface area contributed by atoms with E-state index in [9.17, 15) is 22.4 Å². The second kappa shape index (κ2) is 10.0. The molecule has 0 spiro atoms. The number of likely N-dealkylation sites (N-methyl/N-ethyl adjacent to an activating group) is 1. The molecule has 0 aliphatic heterocycles. The Hall–Kier alpha value is -2.46. The van der Waals surface area contributed by atoms with Gasteiger partial charge >= 0.3 is 0 Å². The van der Waals surface area contributed by atoms with E-state index in [0.717, 1.165) is 32.7 Å². The summed E-state index contributed by atoms with van der Waals surface area (Å²) in [6.45, 7) is 1.16. The summed E-state index contributed by atoms with van der Waals surface area (Å²) in [5.41, 5.74) is 0.929. The number of hydrogen-bond acceptors (Lipinski definition) is 4. The second-order valence-electron chi connectivity index (χ2n) is 6.68. The summed E-state index contributed by atoms with van der Waals surface area (Å²) >= 11 is 3.34. The van der Waals surface area contributed by atoms with Gasteiger partial charge in [-0.1, -0.05) is 28.1 Å². The number of nitrogens with zero attached hydrogens (tertiary/aromatic N) is 2. The monoisotopic (exact) mass is 499 g/mol. The molecule has 2 aromatic rings. The number of rotatable bonds is 8. The fourth-order valence-corrected chi connectivity index (χ4v) is 3.91. The molecule has 0 fully saturated rings. The lowest BCUT2D eigenvalue weighted by atomic mass is 10.1. The van der Waals surface area contributed by atoms with Crippen LogP contribution >= 0.6 is 15.9 Å². The van der Waals surface area contributed by atoms with E-state index in [1.54, 1.807) is 19.1 Å². The molecule has 0 saturated carbocycles. The van der Waals surface area contributed by atoms with Crippen LogP contribution in [0.5, 0.6) is 0 Å². The van der Waals surface area contributed by atoms with Crippen molar-refractivity contribution in [2.24, 2.45) is 0 Å².